The molecular weight excluding hydrogens is 222 g/mol. The van der Waals surface area contributed by atoms with Gasteiger partial charge in [-0.1, -0.05) is 39.0 Å². The van der Waals surface area contributed by atoms with Gasteiger partial charge in [0.1, 0.15) is 5.60 Å². The summed E-state index contributed by atoms with van der Waals surface area (Å²) in [5.41, 5.74) is -1.56. The minimum absolute atomic E-state index is 0.141. The molecule has 17 heavy (non-hydrogen) atoms. The molecule has 0 aliphatic heterocycles. The minimum Gasteiger partial charge on any atom is -0.384 e. The van der Waals surface area contributed by atoms with E-state index >= 15 is 0 Å². The highest BCUT2D eigenvalue weighted by molar-refractivity contribution is 5.32. The van der Waals surface area contributed by atoms with Crippen molar-refractivity contribution in [3.8, 4) is 0 Å². The van der Waals surface area contributed by atoms with Crippen molar-refractivity contribution in [2.45, 2.75) is 51.6 Å². The van der Waals surface area contributed by atoms with Gasteiger partial charge in [-0.2, -0.15) is 8.78 Å². The summed E-state index contributed by atoms with van der Waals surface area (Å²) in [4.78, 5) is 0. The molecule has 0 spiro atoms. The molecule has 1 N–H and O–H groups in total. The van der Waals surface area contributed by atoms with Gasteiger partial charge in [-0.05, 0) is 30.9 Å². The second-order valence-electron chi connectivity index (χ2n) is 5.96. The Kier molecular flexibility index (Phi) is 3.36. The average Bonchev–Trinajstić information content (AvgIpc) is 2.15. The minimum atomic E-state index is -3.26. The molecule has 0 fully saturated rings. The molecule has 0 atom stereocenters. The van der Waals surface area contributed by atoms with Crippen molar-refractivity contribution >= 4 is 0 Å². The van der Waals surface area contributed by atoms with Gasteiger partial charge in [-0.3, -0.25) is 0 Å². The van der Waals surface area contributed by atoms with Crippen LogP contribution in [0.2, 0.25) is 0 Å². The summed E-state index contributed by atoms with van der Waals surface area (Å²) in [5, 5.41) is 9.54. The lowest BCUT2D eigenvalue weighted by atomic mass is 9.84. The number of alkyl halides is 2. The van der Waals surface area contributed by atoms with Crippen LogP contribution in [-0.2, 0) is 11.3 Å². The standard InChI is InChI=1S/C14H20F2O/c1-12(2,3)10-7-6-8-11(9-10)14(15,16)13(4,5)17/h6-9,17H,1-5H3. The Bertz CT molecular complexity index is 397. The van der Waals surface area contributed by atoms with Crippen LogP contribution in [0.15, 0.2) is 24.3 Å². The van der Waals surface area contributed by atoms with Crippen LogP contribution in [0.1, 0.15) is 45.7 Å². The van der Waals surface area contributed by atoms with Crippen molar-refractivity contribution in [1.82, 2.24) is 0 Å². The zero-order chi connectivity index (χ0) is 13.5. The Balaban J connectivity index is 3.26. The first-order valence-corrected chi connectivity index (χ1v) is 5.67. The van der Waals surface area contributed by atoms with Gasteiger partial charge in [-0.15, -0.1) is 0 Å². The molecule has 0 unspecified atom stereocenters. The van der Waals surface area contributed by atoms with Crippen molar-refractivity contribution < 1.29 is 13.9 Å². The van der Waals surface area contributed by atoms with E-state index in [1.54, 1.807) is 6.07 Å². The van der Waals surface area contributed by atoms with Crippen LogP contribution in [0, 0.1) is 0 Å². The molecule has 0 aliphatic rings. The monoisotopic (exact) mass is 242 g/mol. The molecular formula is C14H20F2O. The maximum absolute atomic E-state index is 14.0. The molecule has 96 valence electrons. The lowest BCUT2D eigenvalue weighted by Gasteiger charge is -2.30. The van der Waals surface area contributed by atoms with Crippen molar-refractivity contribution in [3.05, 3.63) is 35.4 Å². The smallest absolute Gasteiger partial charge is 0.300 e. The second-order valence-corrected chi connectivity index (χ2v) is 5.96. The van der Waals surface area contributed by atoms with E-state index in [2.05, 4.69) is 0 Å². The molecule has 1 rings (SSSR count). The molecule has 0 aliphatic carbocycles. The fraction of sp³-hybridized carbons (Fsp3) is 0.571. The van der Waals surface area contributed by atoms with Gasteiger partial charge >= 0.3 is 5.92 Å². The predicted octanol–water partition coefficient (Wildman–Crippen LogP) is 3.85. The Morgan fingerprint density at radius 1 is 0.941 bits per heavy atom. The molecule has 0 saturated carbocycles. The lowest BCUT2D eigenvalue weighted by molar-refractivity contribution is -0.168. The van der Waals surface area contributed by atoms with Crippen molar-refractivity contribution in [3.63, 3.8) is 0 Å². The van der Waals surface area contributed by atoms with E-state index in [1.165, 1.54) is 12.1 Å². The van der Waals surface area contributed by atoms with Crippen LogP contribution in [0.5, 0.6) is 0 Å². The number of aliphatic hydroxyl groups is 1. The van der Waals surface area contributed by atoms with E-state index in [9.17, 15) is 13.9 Å². The third-order valence-corrected chi connectivity index (χ3v) is 2.86. The first kappa shape index (κ1) is 14.1. The predicted molar refractivity (Wildman–Crippen MR) is 65.3 cm³/mol. The van der Waals surface area contributed by atoms with Crippen molar-refractivity contribution in [2.24, 2.45) is 0 Å². The van der Waals surface area contributed by atoms with E-state index in [0.29, 0.717) is 0 Å². The molecule has 3 heteroatoms. The van der Waals surface area contributed by atoms with Crippen LogP contribution in [0.4, 0.5) is 8.78 Å². The van der Waals surface area contributed by atoms with Crippen LogP contribution in [-0.4, -0.2) is 10.7 Å². The Morgan fingerprint density at radius 2 is 1.41 bits per heavy atom. The van der Waals surface area contributed by atoms with E-state index in [4.69, 9.17) is 0 Å². The summed E-state index contributed by atoms with van der Waals surface area (Å²) in [6.07, 6.45) is 0. The largest absolute Gasteiger partial charge is 0.384 e. The fourth-order valence-electron chi connectivity index (χ4n) is 1.53. The molecule has 0 saturated heterocycles. The van der Waals surface area contributed by atoms with Gasteiger partial charge in [0, 0.05) is 5.56 Å². The van der Waals surface area contributed by atoms with E-state index in [1.807, 2.05) is 26.8 Å². The van der Waals surface area contributed by atoms with Crippen molar-refractivity contribution in [2.75, 3.05) is 0 Å². The van der Waals surface area contributed by atoms with Gasteiger partial charge in [-0.25, -0.2) is 0 Å². The molecule has 1 aromatic carbocycles. The van der Waals surface area contributed by atoms with Crippen LogP contribution in [0.25, 0.3) is 0 Å². The summed E-state index contributed by atoms with van der Waals surface area (Å²) >= 11 is 0. The summed E-state index contributed by atoms with van der Waals surface area (Å²) < 4.78 is 28.0. The third-order valence-electron chi connectivity index (χ3n) is 2.86. The number of benzene rings is 1. The first-order valence-electron chi connectivity index (χ1n) is 5.67. The number of halogens is 2. The quantitative estimate of drug-likeness (QED) is 0.835. The normalized spacial score (nSPS) is 13.9. The van der Waals surface area contributed by atoms with E-state index in [-0.39, 0.29) is 11.0 Å². The van der Waals surface area contributed by atoms with Gasteiger partial charge in [0.05, 0.1) is 0 Å². The zero-order valence-electron chi connectivity index (χ0n) is 11.0. The Morgan fingerprint density at radius 3 is 1.82 bits per heavy atom. The van der Waals surface area contributed by atoms with Gasteiger partial charge in [0.25, 0.3) is 0 Å². The van der Waals surface area contributed by atoms with E-state index in [0.717, 1.165) is 19.4 Å². The van der Waals surface area contributed by atoms with Gasteiger partial charge in [0.15, 0.2) is 0 Å². The molecule has 1 aromatic rings. The number of rotatable bonds is 2. The molecule has 0 radical (unpaired) electrons. The lowest BCUT2D eigenvalue weighted by Crippen LogP contribution is -2.40. The van der Waals surface area contributed by atoms with Crippen LogP contribution in [0.3, 0.4) is 0 Å². The van der Waals surface area contributed by atoms with Crippen LogP contribution < -0.4 is 0 Å². The summed E-state index contributed by atoms with van der Waals surface area (Å²) in [6, 6.07) is 6.25. The molecule has 1 nitrogen and oxygen atoms in total. The molecule has 0 amide bonds. The average molecular weight is 242 g/mol. The topological polar surface area (TPSA) is 20.2 Å². The maximum atomic E-state index is 14.0. The second kappa shape index (κ2) is 4.05. The highest BCUT2D eigenvalue weighted by Crippen LogP contribution is 2.39. The van der Waals surface area contributed by atoms with Crippen LogP contribution >= 0.6 is 0 Å². The molecule has 0 heterocycles. The zero-order valence-corrected chi connectivity index (χ0v) is 11.0. The molecule has 0 aromatic heterocycles. The third kappa shape index (κ3) is 2.83. The van der Waals surface area contributed by atoms with Gasteiger partial charge < -0.3 is 5.11 Å². The van der Waals surface area contributed by atoms with E-state index < -0.39 is 11.5 Å². The Hall–Kier alpha value is -0.960. The highest BCUT2D eigenvalue weighted by Gasteiger charge is 2.47. The maximum Gasteiger partial charge on any atom is 0.300 e. The summed E-state index contributed by atoms with van der Waals surface area (Å²) in [6.45, 7) is 8.14. The van der Waals surface area contributed by atoms with Gasteiger partial charge in [0.2, 0.25) is 0 Å². The first-order chi connectivity index (χ1) is 7.46. The summed E-state index contributed by atoms with van der Waals surface area (Å²) in [7, 11) is 0. The summed E-state index contributed by atoms with van der Waals surface area (Å²) in [5.74, 6) is -3.26. The van der Waals surface area contributed by atoms with Crippen molar-refractivity contribution in [1.29, 1.82) is 0 Å². The SMILES string of the molecule is CC(C)(C)c1cccc(C(F)(F)C(C)(C)O)c1. The Labute approximate surface area is 101 Å². The number of hydrogen-bond acceptors (Lipinski definition) is 1. The molecule has 0 bridgehead atoms. The number of hydrogen-bond donors (Lipinski definition) is 1. The fourth-order valence-corrected chi connectivity index (χ4v) is 1.53. The highest BCUT2D eigenvalue weighted by atomic mass is 19.3.